The highest BCUT2D eigenvalue weighted by atomic mass is 32.2. The molecular formula is C12H12N2O5S. The zero-order valence-electron chi connectivity index (χ0n) is 10.4. The van der Waals surface area contributed by atoms with Gasteiger partial charge in [0.1, 0.15) is 6.29 Å². The predicted molar refractivity (Wildman–Crippen MR) is 67.0 cm³/mol. The molecule has 0 aliphatic carbocycles. The number of carbonyl (C=O) groups excluding carboxylic acids is 1. The van der Waals surface area contributed by atoms with Gasteiger partial charge in [-0.2, -0.15) is 0 Å². The quantitative estimate of drug-likeness (QED) is 0.560. The van der Waals surface area contributed by atoms with E-state index in [4.69, 9.17) is 4.74 Å². The molecule has 1 heterocycles. The number of benzene rings is 1. The largest absolute Gasteiger partial charge is 0.473 e. The van der Waals surface area contributed by atoms with Crippen LogP contribution in [0.5, 0.6) is 5.88 Å². The lowest BCUT2D eigenvalue weighted by Gasteiger charge is -2.03. The Labute approximate surface area is 115 Å². The molecule has 0 saturated heterocycles. The molecule has 2 aromatic rings. The van der Waals surface area contributed by atoms with Crippen molar-refractivity contribution in [1.82, 2.24) is 10.3 Å². The molecule has 0 N–H and O–H groups in total. The number of aldehydes is 1. The molecule has 20 heavy (non-hydrogen) atoms. The van der Waals surface area contributed by atoms with E-state index in [0.717, 1.165) is 6.29 Å². The molecule has 0 bridgehead atoms. The average molecular weight is 296 g/mol. The van der Waals surface area contributed by atoms with E-state index in [2.05, 4.69) is 14.9 Å². The monoisotopic (exact) mass is 296 g/mol. The van der Waals surface area contributed by atoms with Gasteiger partial charge >= 0.3 is 0 Å². The van der Waals surface area contributed by atoms with Crippen LogP contribution < -0.4 is 4.74 Å². The Kier molecular flexibility index (Phi) is 4.46. The molecule has 0 aliphatic rings. The molecule has 1 aromatic carbocycles. The predicted octanol–water partition coefficient (Wildman–Crippen LogP) is 1.26. The standard InChI is InChI=1S/C12H12N2O5S/c15-8-4-5-9-18-11-12(14-19-13-11)20(16,17)10-6-2-1-3-7-10/h1-3,6-8H,4-5,9H2. The highest BCUT2D eigenvalue weighted by Gasteiger charge is 2.28. The summed E-state index contributed by atoms with van der Waals surface area (Å²) in [6, 6.07) is 7.80. The van der Waals surface area contributed by atoms with Gasteiger partial charge in [0.25, 0.3) is 10.9 Å². The molecule has 0 fully saturated rings. The zero-order chi connectivity index (χ0) is 14.4. The number of carbonyl (C=O) groups is 1. The van der Waals surface area contributed by atoms with E-state index in [1.54, 1.807) is 18.2 Å². The normalized spacial score (nSPS) is 11.2. The van der Waals surface area contributed by atoms with Crippen molar-refractivity contribution >= 4 is 16.1 Å². The fourth-order valence-corrected chi connectivity index (χ4v) is 2.67. The summed E-state index contributed by atoms with van der Waals surface area (Å²) in [6.07, 6.45) is 1.54. The lowest BCUT2D eigenvalue weighted by atomic mass is 10.3. The van der Waals surface area contributed by atoms with Crippen LogP contribution in [0.4, 0.5) is 0 Å². The molecule has 0 saturated carbocycles. The van der Waals surface area contributed by atoms with Crippen LogP contribution in [0.3, 0.4) is 0 Å². The van der Waals surface area contributed by atoms with E-state index in [9.17, 15) is 13.2 Å². The lowest BCUT2D eigenvalue weighted by Crippen LogP contribution is -2.06. The molecule has 106 valence electrons. The molecule has 2 rings (SSSR count). The Balaban J connectivity index is 2.21. The SMILES string of the molecule is O=CCCCOc1nonc1S(=O)(=O)c1ccccc1. The van der Waals surface area contributed by atoms with Crippen molar-refractivity contribution in [1.29, 1.82) is 0 Å². The van der Waals surface area contributed by atoms with Crippen molar-refractivity contribution in [2.45, 2.75) is 22.8 Å². The Morgan fingerprint density at radius 3 is 2.65 bits per heavy atom. The number of unbranched alkanes of at least 4 members (excludes halogenated alkanes) is 1. The van der Waals surface area contributed by atoms with Gasteiger partial charge in [0.05, 0.1) is 11.5 Å². The summed E-state index contributed by atoms with van der Waals surface area (Å²) in [6.45, 7) is 0.157. The molecule has 0 spiro atoms. The number of aromatic nitrogens is 2. The Morgan fingerprint density at radius 1 is 1.20 bits per heavy atom. The fourth-order valence-electron chi connectivity index (χ4n) is 1.47. The highest BCUT2D eigenvalue weighted by molar-refractivity contribution is 7.91. The highest BCUT2D eigenvalue weighted by Crippen LogP contribution is 2.25. The average Bonchev–Trinajstić information content (AvgIpc) is 2.94. The minimum Gasteiger partial charge on any atom is -0.473 e. The van der Waals surface area contributed by atoms with Gasteiger partial charge in [0, 0.05) is 6.42 Å². The third kappa shape index (κ3) is 3.02. The second-order valence-electron chi connectivity index (χ2n) is 3.85. The third-order valence-corrected chi connectivity index (χ3v) is 4.09. The molecule has 1 aromatic heterocycles. The van der Waals surface area contributed by atoms with Crippen LogP contribution >= 0.6 is 0 Å². The van der Waals surface area contributed by atoms with Crippen LogP contribution in [-0.4, -0.2) is 31.6 Å². The van der Waals surface area contributed by atoms with E-state index in [1.807, 2.05) is 0 Å². The van der Waals surface area contributed by atoms with Gasteiger partial charge in [0.2, 0.25) is 9.84 Å². The van der Waals surface area contributed by atoms with E-state index < -0.39 is 9.84 Å². The fraction of sp³-hybridized carbons (Fsp3) is 0.250. The van der Waals surface area contributed by atoms with Crippen LogP contribution in [0.2, 0.25) is 0 Å². The maximum Gasteiger partial charge on any atom is 0.295 e. The summed E-state index contributed by atoms with van der Waals surface area (Å²) < 4.78 is 34.2. The molecule has 0 atom stereocenters. The smallest absolute Gasteiger partial charge is 0.295 e. The minimum atomic E-state index is -3.83. The van der Waals surface area contributed by atoms with Crippen molar-refractivity contribution in [2.75, 3.05) is 6.61 Å². The van der Waals surface area contributed by atoms with E-state index in [1.165, 1.54) is 12.1 Å². The molecule has 0 aliphatic heterocycles. The second-order valence-corrected chi connectivity index (χ2v) is 5.71. The molecule has 0 radical (unpaired) electrons. The molecular weight excluding hydrogens is 284 g/mol. The number of hydrogen-bond donors (Lipinski definition) is 0. The number of nitrogens with zero attached hydrogens (tertiary/aromatic N) is 2. The Morgan fingerprint density at radius 2 is 1.95 bits per heavy atom. The first-order chi connectivity index (χ1) is 9.66. The van der Waals surface area contributed by atoms with Gasteiger partial charge < -0.3 is 9.53 Å². The van der Waals surface area contributed by atoms with Crippen molar-refractivity contribution in [3.8, 4) is 5.88 Å². The molecule has 0 amide bonds. The first-order valence-corrected chi connectivity index (χ1v) is 7.33. The Hall–Kier alpha value is -2.22. The summed E-state index contributed by atoms with van der Waals surface area (Å²) in [5.41, 5.74) is 0. The number of rotatable bonds is 7. The maximum atomic E-state index is 12.3. The molecule has 0 unspecified atom stereocenters. The van der Waals surface area contributed by atoms with E-state index in [0.29, 0.717) is 12.8 Å². The second kappa shape index (κ2) is 6.29. The van der Waals surface area contributed by atoms with Crippen LogP contribution in [-0.2, 0) is 14.6 Å². The summed E-state index contributed by atoms with van der Waals surface area (Å²) >= 11 is 0. The van der Waals surface area contributed by atoms with Gasteiger partial charge in [-0.05, 0) is 28.9 Å². The number of ether oxygens (including phenoxy) is 1. The maximum absolute atomic E-state index is 12.3. The third-order valence-electron chi connectivity index (χ3n) is 2.44. The van der Waals surface area contributed by atoms with Crippen LogP contribution in [0, 0.1) is 0 Å². The van der Waals surface area contributed by atoms with Crippen molar-refractivity contribution in [3.63, 3.8) is 0 Å². The van der Waals surface area contributed by atoms with Crippen LogP contribution in [0.15, 0.2) is 44.9 Å². The molecule has 8 heteroatoms. The summed E-state index contributed by atoms with van der Waals surface area (Å²) in [5, 5.41) is 6.46. The van der Waals surface area contributed by atoms with Gasteiger partial charge in [-0.1, -0.05) is 18.2 Å². The van der Waals surface area contributed by atoms with E-state index >= 15 is 0 Å². The van der Waals surface area contributed by atoms with Crippen LogP contribution in [0.25, 0.3) is 0 Å². The van der Waals surface area contributed by atoms with Crippen molar-refractivity contribution < 1.29 is 22.6 Å². The van der Waals surface area contributed by atoms with E-state index in [-0.39, 0.29) is 22.4 Å². The van der Waals surface area contributed by atoms with Crippen molar-refractivity contribution in [2.24, 2.45) is 0 Å². The van der Waals surface area contributed by atoms with Gasteiger partial charge in [0.15, 0.2) is 0 Å². The zero-order valence-corrected chi connectivity index (χ0v) is 11.2. The van der Waals surface area contributed by atoms with Gasteiger partial charge in [-0.15, -0.1) is 0 Å². The summed E-state index contributed by atoms with van der Waals surface area (Å²) in [4.78, 5) is 10.3. The summed E-state index contributed by atoms with van der Waals surface area (Å²) in [7, 11) is -3.83. The topological polar surface area (TPSA) is 99.4 Å². The van der Waals surface area contributed by atoms with Gasteiger partial charge in [-0.25, -0.2) is 13.0 Å². The first-order valence-electron chi connectivity index (χ1n) is 5.85. The summed E-state index contributed by atoms with van der Waals surface area (Å²) in [5.74, 6) is -0.195. The van der Waals surface area contributed by atoms with Crippen LogP contribution in [0.1, 0.15) is 12.8 Å². The Bertz CT molecular complexity index is 666. The first kappa shape index (κ1) is 14.2. The van der Waals surface area contributed by atoms with Crippen molar-refractivity contribution in [3.05, 3.63) is 30.3 Å². The lowest BCUT2D eigenvalue weighted by molar-refractivity contribution is -0.108. The number of hydrogen-bond acceptors (Lipinski definition) is 7. The number of sulfone groups is 1. The molecule has 7 nitrogen and oxygen atoms in total. The minimum absolute atomic E-state index is 0.0773. The van der Waals surface area contributed by atoms with Gasteiger partial charge in [-0.3, -0.25) is 0 Å².